The second-order valence-corrected chi connectivity index (χ2v) is 6.00. The van der Waals surface area contributed by atoms with Crippen LogP contribution in [-0.2, 0) is 6.42 Å². The molecule has 0 aliphatic heterocycles. The third kappa shape index (κ3) is 6.14. The normalized spacial score (nSPS) is 10.7. The summed E-state index contributed by atoms with van der Waals surface area (Å²) in [5.74, 6) is 2.44. The van der Waals surface area contributed by atoms with E-state index >= 15 is 0 Å². The quantitative estimate of drug-likeness (QED) is 0.558. The van der Waals surface area contributed by atoms with Gasteiger partial charge in [-0.1, -0.05) is 36.0 Å². The predicted molar refractivity (Wildman–Crippen MR) is 91.5 cm³/mol. The molecule has 5 heteroatoms. The number of aromatic nitrogens is 1. The lowest BCUT2D eigenvalue weighted by Gasteiger charge is -2.09. The highest BCUT2D eigenvalue weighted by molar-refractivity contribution is 6.32. The van der Waals surface area contributed by atoms with Gasteiger partial charge in [-0.2, -0.15) is 0 Å². The van der Waals surface area contributed by atoms with Crippen LogP contribution in [0.5, 0.6) is 11.5 Å². The van der Waals surface area contributed by atoms with Crippen molar-refractivity contribution in [3.63, 3.8) is 0 Å². The summed E-state index contributed by atoms with van der Waals surface area (Å²) >= 11 is 6.13. The van der Waals surface area contributed by atoms with Gasteiger partial charge in [0.2, 0.25) is 0 Å². The molecule has 1 heterocycles. The molecule has 4 nitrogen and oxygen atoms in total. The van der Waals surface area contributed by atoms with Crippen LogP contribution in [-0.4, -0.2) is 18.9 Å². The molecule has 126 valence electrons. The van der Waals surface area contributed by atoms with Crippen LogP contribution in [0.3, 0.4) is 0 Å². The number of hydrogen-bond donors (Lipinski definition) is 0. The van der Waals surface area contributed by atoms with E-state index in [1.807, 2.05) is 25.1 Å². The van der Waals surface area contributed by atoms with Crippen molar-refractivity contribution >= 4 is 11.6 Å². The molecule has 0 spiro atoms. The summed E-state index contributed by atoms with van der Waals surface area (Å²) in [4.78, 5) is 0. The minimum atomic E-state index is 0.590. The molecule has 0 N–H and O–H groups in total. The van der Waals surface area contributed by atoms with E-state index in [-0.39, 0.29) is 0 Å². The van der Waals surface area contributed by atoms with E-state index in [1.54, 1.807) is 13.2 Å². The Bertz CT molecular complexity index is 598. The summed E-state index contributed by atoms with van der Waals surface area (Å²) in [7, 11) is 1.62. The van der Waals surface area contributed by atoms with E-state index in [2.05, 4.69) is 5.16 Å². The van der Waals surface area contributed by atoms with Crippen molar-refractivity contribution in [3.05, 3.63) is 40.7 Å². The van der Waals surface area contributed by atoms with Gasteiger partial charge in [0.05, 0.1) is 24.4 Å². The van der Waals surface area contributed by atoms with Crippen LogP contribution in [0.4, 0.5) is 0 Å². The molecule has 0 fully saturated rings. The molecule has 0 saturated carbocycles. The Labute approximate surface area is 142 Å². The van der Waals surface area contributed by atoms with Gasteiger partial charge in [0, 0.05) is 18.6 Å². The van der Waals surface area contributed by atoms with Crippen molar-refractivity contribution in [2.75, 3.05) is 13.7 Å². The second kappa shape index (κ2) is 9.46. The molecule has 0 radical (unpaired) electrons. The van der Waals surface area contributed by atoms with E-state index in [9.17, 15) is 0 Å². The maximum Gasteiger partial charge on any atom is 0.138 e. The Kier molecular flexibility index (Phi) is 7.27. The van der Waals surface area contributed by atoms with E-state index in [0.29, 0.717) is 17.4 Å². The lowest BCUT2D eigenvalue weighted by Crippen LogP contribution is -1.98. The number of benzene rings is 1. The van der Waals surface area contributed by atoms with E-state index in [1.165, 1.54) is 12.8 Å². The highest BCUT2D eigenvalue weighted by Gasteiger charge is 2.03. The highest BCUT2D eigenvalue weighted by Crippen LogP contribution is 2.28. The van der Waals surface area contributed by atoms with Gasteiger partial charge in [0.1, 0.15) is 17.3 Å². The summed E-state index contributed by atoms with van der Waals surface area (Å²) in [6.45, 7) is 2.63. The van der Waals surface area contributed by atoms with Gasteiger partial charge in [-0.3, -0.25) is 0 Å². The Balaban J connectivity index is 1.52. The molecule has 1 aromatic carbocycles. The fourth-order valence-electron chi connectivity index (χ4n) is 2.37. The minimum Gasteiger partial charge on any atom is -0.497 e. The third-order valence-electron chi connectivity index (χ3n) is 3.64. The summed E-state index contributed by atoms with van der Waals surface area (Å²) in [5, 5.41) is 4.48. The zero-order valence-corrected chi connectivity index (χ0v) is 14.6. The van der Waals surface area contributed by atoms with Gasteiger partial charge in [0.25, 0.3) is 0 Å². The van der Waals surface area contributed by atoms with Crippen molar-refractivity contribution in [2.45, 2.75) is 45.4 Å². The summed E-state index contributed by atoms with van der Waals surface area (Å²) in [6, 6.07) is 7.47. The van der Waals surface area contributed by atoms with Gasteiger partial charge in [-0.05, 0) is 31.9 Å². The van der Waals surface area contributed by atoms with Crippen molar-refractivity contribution in [3.8, 4) is 11.5 Å². The van der Waals surface area contributed by atoms with Crippen molar-refractivity contribution in [1.82, 2.24) is 5.16 Å². The van der Waals surface area contributed by atoms with Crippen LogP contribution < -0.4 is 9.47 Å². The molecule has 0 saturated heterocycles. The SMILES string of the molecule is COc1ccc(OCCCCCCCc2cc(C)no2)c(Cl)c1. The summed E-state index contributed by atoms with van der Waals surface area (Å²) in [5.41, 5.74) is 0.953. The monoisotopic (exact) mass is 337 g/mol. The summed E-state index contributed by atoms with van der Waals surface area (Å²) < 4.78 is 16.0. The van der Waals surface area contributed by atoms with Crippen LogP contribution in [0.25, 0.3) is 0 Å². The van der Waals surface area contributed by atoms with E-state index < -0.39 is 0 Å². The third-order valence-corrected chi connectivity index (χ3v) is 3.94. The first-order valence-electron chi connectivity index (χ1n) is 8.07. The highest BCUT2D eigenvalue weighted by atomic mass is 35.5. The van der Waals surface area contributed by atoms with Crippen molar-refractivity contribution in [1.29, 1.82) is 0 Å². The first-order chi connectivity index (χ1) is 11.2. The van der Waals surface area contributed by atoms with Gasteiger partial charge in [0.15, 0.2) is 0 Å². The van der Waals surface area contributed by atoms with Crippen molar-refractivity contribution < 1.29 is 14.0 Å². The van der Waals surface area contributed by atoms with Gasteiger partial charge >= 0.3 is 0 Å². The predicted octanol–water partition coefficient (Wildman–Crippen LogP) is 5.22. The average molecular weight is 338 g/mol. The number of nitrogens with zero attached hydrogens (tertiary/aromatic N) is 1. The number of ether oxygens (including phenoxy) is 2. The van der Waals surface area contributed by atoms with Crippen LogP contribution in [0.15, 0.2) is 28.8 Å². The summed E-state index contributed by atoms with van der Waals surface area (Å²) in [6.07, 6.45) is 6.70. The van der Waals surface area contributed by atoms with Crippen molar-refractivity contribution in [2.24, 2.45) is 0 Å². The van der Waals surface area contributed by atoms with Crippen LogP contribution in [0.2, 0.25) is 5.02 Å². The first kappa shape index (κ1) is 17.7. The first-order valence-corrected chi connectivity index (χ1v) is 8.45. The fourth-order valence-corrected chi connectivity index (χ4v) is 2.60. The fraction of sp³-hybridized carbons (Fsp3) is 0.500. The van der Waals surface area contributed by atoms with Gasteiger partial charge in [-0.15, -0.1) is 0 Å². The molecule has 0 atom stereocenters. The molecule has 0 bridgehead atoms. The largest absolute Gasteiger partial charge is 0.497 e. The number of rotatable bonds is 10. The molecule has 2 rings (SSSR count). The second-order valence-electron chi connectivity index (χ2n) is 5.60. The van der Waals surface area contributed by atoms with Crippen LogP contribution in [0.1, 0.15) is 43.6 Å². The van der Waals surface area contributed by atoms with E-state index in [4.69, 9.17) is 25.6 Å². The maximum atomic E-state index is 6.13. The molecule has 0 unspecified atom stereocenters. The lowest BCUT2D eigenvalue weighted by molar-refractivity contribution is 0.303. The van der Waals surface area contributed by atoms with Crippen LogP contribution >= 0.6 is 11.6 Å². The standard InChI is InChI=1S/C18H24ClNO3/c1-14-12-16(23-20-14)8-6-4-3-5-7-11-22-18-10-9-15(21-2)13-17(18)19/h9-10,12-13H,3-8,11H2,1-2H3. The molecule has 0 aliphatic rings. The molecule has 0 aliphatic carbocycles. The Morgan fingerprint density at radius 1 is 1.09 bits per heavy atom. The molecule has 1 aromatic heterocycles. The zero-order chi connectivity index (χ0) is 16.5. The van der Waals surface area contributed by atoms with E-state index in [0.717, 1.165) is 42.9 Å². The Hall–Kier alpha value is -1.68. The number of halogens is 1. The number of methoxy groups -OCH3 is 1. The van der Waals surface area contributed by atoms with Gasteiger partial charge < -0.3 is 14.0 Å². The number of aryl methyl sites for hydroxylation is 2. The molecular formula is C18H24ClNO3. The number of hydrogen-bond acceptors (Lipinski definition) is 4. The average Bonchev–Trinajstić information content (AvgIpc) is 2.96. The smallest absolute Gasteiger partial charge is 0.138 e. The lowest BCUT2D eigenvalue weighted by atomic mass is 10.1. The van der Waals surface area contributed by atoms with Crippen LogP contribution in [0, 0.1) is 6.92 Å². The number of unbranched alkanes of at least 4 members (excludes halogenated alkanes) is 4. The molecule has 23 heavy (non-hydrogen) atoms. The Morgan fingerprint density at radius 2 is 1.87 bits per heavy atom. The molecule has 2 aromatic rings. The topological polar surface area (TPSA) is 44.5 Å². The molecular weight excluding hydrogens is 314 g/mol. The zero-order valence-electron chi connectivity index (χ0n) is 13.8. The van der Waals surface area contributed by atoms with Gasteiger partial charge in [-0.25, -0.2) is 0 Å². The minimum absolute atomic E-state index is 0.590. The Morgan fingerprint density at radius 3 is 2.57 bits per heavy atom. The maximum absolute atomic E-state index is 6.13. The molecule has 0 amide bonds.